The van der Waals surface area contributed by atoms with E-state index in [9.17, 15) is 0 Å². The molecule has 2 N–H and O–H groups in total. The Morgan fingerprint density at radius 1 is 1.12 bits per heavy atom. The average molecular weight is 244 g/mol. The predicted molar refractivity (Wildman–Crippen MR) is 72.1 cm³/mol. The highest BCUT2D eigenvalue weighted by Crippen LogP contribution is 2.27. The number of pyridine rings is 1. The van der Waals surface area contributed by atoms with Crippen LogP contribution in [0.15, 0.2) is 52.4 Å². The van der Waals surface area contributed by atoms with Crippen LogP contribution in [0, 0.1) is 6.92 Å². The van der Waals surface area contributed by atoms with Crippen molar-refractivity contribution in [2.75, 3.05) is 0 Å². The Hall–Kier alpha value is -1.32. The molecule has 0 aliphatic carbocycles. The highest BCUT2D eigenvalue weighted by molar-refractivity contribution is 7.99. The Kier molecular flexibility index (Phi) is 3.82. The van der Waals surface area contributed by atoms with E-state index in [0.717, 1.165) is 16.3 Å². The molecule has 0 spiro atoms. The molecule has 0 amide bonds. The third kappa shape index (κ3) is 3.08. The zero-order valence-corrected chi connectivity index (χ0v) is 10.9. The van der Waals surface area contributed by atoms with Gasteiger partial charge < -0.3 is 5.73 Å². The topological polar surface area (TPSA) is 38.9 Å². The second-order valence-electron chi connectivity index (χ2n) is 4.03. The molecule has 88 valence electrons. The second kappa shape index (κ2) is 5.34. The first kappa shape index (κ1) is 12.1. The number of aryl methyl sites for hydroxylation is 1. The molecule has 3 heteroatoms. The fraction of sp³-hybridized carbons (Fsp3) is 0.214. The SMILES string of the molecule is Cc1nc(Sc2ccccc2)ccc1[C@@H](C)N. The Morgan fingerprint density at radius 2 is 1.82 bits per heavy atom. The van der Waals surface area contributed by atoms with E-state index in [-0.39, 0.29) is 6.04 Å². The van der Waals surface area contributed by atoms with Crippen LogP contribution in [0.1, 0.15) is 24.2 Å². The largest absolute Gasteiger partial charge is 0.324 e. The molecule has 1 atom stereocenters. The van der Waals surface area contributed by atoms with Crippen molar-refractivity contribution in [3.63, 3.8) is 0 Å². The zero-order valence-electron chi connectivity index (χ0n) is 10.1. The lowest BCUT2D eigenvalue weighted by Crippen LogP contribution is -2.08. The minimum atomic E-state index is 0.0401. The molecule has 2 nitrogen and oxygen atoms in total. The molecule has 2 rings (SSSR count). The van der Waals surface area contributed by atoms with E-state index < -0.39 is 0 Å². The van der Waals surface area contributed by atoms with Crippen LogP contribution in [-0.2, 0) is 0 Å². The first-order valence-electron chi connectivity index (χ1n) is 5.63. The minimum absolute atomic E-state index is 0.0401. The van der Waals surface area contributed by atoms with Gasteiger partial charge in [0.05, 0.1) is 0 Å². The van der Waals surface area contributed by atoms with Crippen molar-refractivity contribution in [2.45, 2.75) is 29.8 Å². The third-order valence-electron chi connectivity index (χ3n) is 2.56. The van der Waals surface area contributed by atoms with Gasteiger partial charge in [-0.15, -0.1) is 0 Å². The average Bonchev–Trinajstić information content (AvgIpc) is 2.30. The van der Waals surface area contributed by atoms with Crippen molar-refractivity contribution in [1.29, 1.82) is 0 Å². The fourth-order valence-corrected chi connectivity index (χ4v) is 2.55. The van der Waals surface area contributed by atoms with Crippen molar-refractivity contribution >= 4 is 11.8 Å². The normalized spacial score (nSPS) is 12.4. The second-order valence-corrected chi connectivity index (χ2v) is 5.12. The van der Waals surface area contributed by atoms with E-state index in [1.54, 1.807) is 11.8 Å². The summed E-state index contributed by atoms with van der Waals surface area (Å²) in [5.41, 5.74) is 8.00. The first-order chi connectivity index (χ1) is 8.16. The lowest BCUT2D eigenvalue weighted by molar-refractivity contribution is 0.792. The summed E-state index contributed by atoms with van der Waals surface area (Å²) in [5, 5.41) is 1.01. The Labute approximate surface area is 106 Å². The summed E-state index contributed by atoms with van der Waals surface area (Å²) < 4.78 is 0. The number of rotatable bonds is 3. The number of nitrogens with two attached hydrogens (primary N) is 1. The number of aromatic nitrogens is 1. The van der Waals surface area contributed by atoms with Gasteiger partial charge in [-0.25, -0.2) is 4.98 Å². The molecule has 1 heterocycles. The lowest BCUT2D eigenvalue weighted by Gasteiger charge is -2.10. The van der Waals surface area contributed by atoms with E-state index in [0.29, 0.717) is 0 Å². The standard InChI is InChI=1S/C14H16N2S/c1-10(15)13-8-9-14(16-11(13)2)17-12-6-4-3-5-7-12/h3-10H,15H2,1-2H3/t10-/m1/s1. The smallest absolute Gasteiger partial charge is 0.101 e. The Bertz CT molecular complexity index is 495. The molecule has 0 unspecified atom stereocenters. The molecule has 0 saturated heterocycles. The summed E-state index contributed by atoms with van der Waals surface area (Å²) in [4.78, 5) is 5.77. The van der Waals surface area contributed by atoms with Gasteiger partial charge in [-0.2, -0.15) is 0 Å². The van der Waals surface area contributed by atoms with E-state index in [2.05, 4.69) is 23.2 Å². The first-order valence-corrected chi connectivity index (χ1v) is 6.44. The highest BCUT2D eigenvalue weighted by atomic mass is 32.2. The third-order valence-corrected chi connectivity index (χ3v) is 3.50. The summed E-state index contributed by atoms with van der Waals surface area (Å²) in [6.45, 7) is 3.99. The minimum Gasteiger partial charge on any atom is -0.324 e. The van der Waals surface area contributed by atoms with Crippen molar-refractivity contribution < 1.29 is 0 Å². The van der Waals surface area contributed by atoms with Gasteiger partial charge in [0.25, 0.3) is 0 Å². The molecular weight excluding hydrogens is 228 g/mol. The number of hydrogen-bond donors (Lipinski definition) is 1. The number of benzene rings is 1. The van der Waals surface area contributed by atoms with Gasteiger partial charge in [0, 0.05) is 16.6 Å². The molecule has 1 aromatic carbocycles. The molecule has 17 heavy (non-hydrogen) atoms. The van der Waals surface area contributed by atoms with Gasteiger partial charge in [-0.3, -0.25) is 0 Å². The fourth-order valence-electron chi connectivity index (χ4n) is 1.70. The van der Waals surface area contributed by atoms with Crippen LogP contribution < -0.4 is 5.73 Å². The van der Waals surface area contributed by atoms with Gasteiger partial charge in [-0.1, -0.05) is 36.0 Å². The van der Waals surface area contributed by atoms with Gasteiger partial charge in [0.1, 0.15) is 5.03 Å². The lowest BCUT2D eigenvalue weighted by atomic mass is 10.1. The Balaban J connectivity index is 2.21. The van der Waals surface area contributed by atoms with Gasteiger partial charge in [-0.05, 0) is 37.6 Å². The molecule has 0 aliphatic heterocycles. The maximum absolute atomic E-state index is 5.87. The van der Waals surface area contributed by atoms with Crippen molar-refractivity contribution in [1.82, 2.24) is 4.98 Å². The van der Waals surface area contributed by atoms with Crippen LogP contribution in [0.5, 0.6) is 0 Å². The van der Waals surface area contributed by atoms with Crippen molar-refractivity contribution in [3.05, 3.63) is 53.7 Å². The summed E-state index contributed by atoms with van der Waals surface area (Å²) in [5.74, 6) is 0. The zero-order chi connectivity index (χ0) is 12.3. The van der Waals surface area contributed by atoms with Crippen LogP contribution in [-0.4, -0.2) is 4.98 Å². The summed E-state index contributed by atoms with van der Waals surface area (Å²) in [7, 11) is 0. The van der Waals surface area contributed by atoms with Crippen LogP contribution in [0.2, 0.25) is 0 Å². The van der Waals surface area contributed by atoms with Crippen LogP contribution in [0.25, 0.3) is 0 Å². The Morgan fingerprint density at radius 3 is 2.41 bits per heavy atom. The molecule has 0 fully saturated rings. The quantitative estimate of drug-likeness (QED) is 0.897. The summed E-state index contributed by atoms with van der Waals surface area (Å²) in [6, 6.07) is 14.4. The molecular formula is C14H16N2S. The number of hydrogen-bond acceptors (Lipinski definition) is 3. The molecule has 2 aromatic rings. The molecule has 0 aliphatic rings. The van der Waals surface area contributed by atoms with E-state index in [4.69, 9.17) is 5.73 Å². The van der Waals surface area contributed by atoms with E-state index in [1.165, 1.54) is 4.90 Å². The molecule has 0 bridgehead atoms. The highest BCUT2D eigenvalue weighted by Gasteiger charge is 2.06. The van der Waals surface area contributed by atoms with Crippen LogP contribution in [0.4, 0.5) is 0 Å². The van der Waals surface area contributed by atoms with Crippen LogP contribution >= 0.6 is 11.8 Å². The van der Waals surface area contributed by atoms with Crippen molar-refractivity contribution in [2.24, 2.45) is 5.73 Å². The van der Waals surface area contributed by atoms with Crippen LogP contribution in [0.3, 0.4) is 0 Å². The van der Waals surface area contributed by atoms with E-state index >= 15 is 0 Å². The summed E-state index contributed by atoms with van der Waals surface area (Å²) >= 11 is 1.67. The van der Waals surface area contributed by atoms with Gasteiger partial charge >= 0.3 is 0 Å². The maximum Gasteiger partial charge on any atom is 0.101 e. The molecule has 0 saturated carbocycles. The monoisotopic (exact) mass is 244 g/mol. The maximum atomic E-state index is 5.87. The van der Waals surface area contributed by atoms with E-state index in [1.807, 2.05) is 38.1 Å². The summed E-state index contributed by atoms with van der Waals surface area (Å²) in [6.07, 6.45) is 0. The molecule has 1 aromatic heterocycles. The van der Waals surface area contributed by atoms with Crippen molar-refractivity contribution in [3.8, 4) is 0 Å². The number of nitrogens with zero attached hydrogens (tertiary/aromatic N) is 1. The van der Waals surface area contributed by atoms with Gasteiger partial charge in [0.2, 0.25) is 0 Å². The molecule has 0 radical (unpaired) electrons. The predicted octanol–water partition coefficient (Wildman–Crippen LogP) is 3.56. The van der Waals surface area contributed by atoms with Gasteiger partial charge in [0.15, 0.2) is 0 Å².